The summed E-state index contributed by atoms with van der Waals surface area (Å²) < 4.78 is 0.848. The van der Waals surface area contributed by atoms with E-state index in [0.717, 1.165) is 23.1 Å². The molecule has 2 rings (SSSR count). The van der Waals surface area contributed by atoms with Crippen LogP contribution in [0, 0.1) is 0 Å². The van der Waals surface area contributed by atoms with Crippen molar-refractivity contribution in [3.63, 3.8) is 0 Å². The van der Waals surface area contributed by atoms with E-state index in [-0.39, 0.29) is 5.91 Å². The molecule has 0 aromatic heterocycles. The first-order chi connectivity index (χ1) is 9.15. The Bertz CT molecular complexity index is 447. The van der Waals surface area contributed by atoms with E-state index in [1.165, 1.54) is 19.3 Å². The lowest BCUT2D eigenvalue weighted by molar-refractivity contribution is -0.116. The van der Waals surface area contributed by atoms with Crippen LogP contribution < -0.4 is 10.6 Å². The number of halogens is 2. The van der Waals surface area contributed by atoms with Gasteiger partial charge in [0.15, 0.2) is 0 Å². The van der Waals surface area contributed by atoms with Crippen LogP contribution in [0.5, 0.6) is 0 Å². The number of hydrogen-bond donors (Lipinski definition) is 2. The first kappa shape index (κ1) is 14.8. The molecule has 0 spiro atoms. The first-order valence-corrected chi connectivity index (χ1v) is 7.80. The van der Waals surface area contributed by atoms with Crippen molar-refractivity contribution >= 4 is 39.1 Å². The molecular formula is C14H18BrClN2O. The highest BCUT2D eigenvalue weighted by atomic mass is 79.9. The van der Waals surface area contributed by atoms with Gasteiger partial charge < -0.3 is 10.6 Å². The lowest BCUT2D eigenvalue weighted by atomic mass is 10.0. The summed E-state index contributed by atoms with van der Waals surface area (Å²) in [5, 5.41) is 6.96. The summed E-state index contributed by atoms with van der Waals surface area (Å²) in [7, 11) is 0. The van der Waals surface area contributed by atoms with Crippen LogP contribution in [-0.4, -0.2) is 18.5 Å². The lowest BCUT2D eigenvalue weighted by Gasteiger charge is -2.23. The highest BCUT2D eigenvalue weighted by molar-refractivity contribution is 9.10. The van der Waals surface area contributed by atoms with Gasteiger partial charge in [0.25, 0.3) is 0 Å². The number of hydrogen-bond acceptors (Lipinski definition) is 2. The van der Waals surface area contributed by atoms with Gasteiger partial charge in [-0.25, -0.2) is 0 Å². The summed E-state index contributed by atoms with van der Waals surface area (Å²) in [5.41, 5.74) is 0.731. The van der Waals surface area contributed by atoms with E-state index in [0.29, 0.717) is 17.5 Å². The maximum atomic E-state index is 11.9. The molecule has 0 bridgehead atoms. The van der Waals surface area contributed by atoms with E-state index in [1.54, 1.807) is 12.1 Å². The van der Waals surface area contributed by atoms with Gasteiger partial charge in [-0.3, -0.25) is 4.79 Å². The van der Waals surface area contributed by atoms with E-state index in [1.807, 2.05) is 6.07 Å². The van der Waals surface area contributed by atoms with Crippen molar-refractivity contribution in [1.82, 2.24) is 5.32 Å². The standard InChI is InChI=1S/C14H18BrClN2O/c15-12-6-4-10(16)9-13(12)18-14(19)7-5-11-3-1-2-8-17-11/h4,6,9,11,17H,1-3,5,7-8H2,(H,18,19). The maximum Gasteiger partial charge on any atom is 0.224 e. The van der Waals surface area contributed by atoms with E-state index in [4.69, 9.17) is 11.6 Å². The first-order valence-electron chi connectivity index (χ1n) is 6.63. The molecule has 3 nitrogen and oxygen atoms in total. The summed E-state index contributed by atoms with van der Waals surface area (Å²) in [6, 6.07) is 5.86. The summed E-state index contributed by atoms with van der Waals surface area (Å²) in [5.74, 6) is 0.0374. The number of carbonyl (C=O) groups excluding carboxylic acids is 1. The third-order valence-electron chi connectivity index (χ3n) is 3.33. The number of nitrogens with one attached hydrogen (secondary N) is 2. The number of benzene rings is 1. The van der Waals surface area contributed by atoms with Crippen molar-refractivity contribution in [1.29, 1.82) is 0 Å². The summed E-state index contributed by atoms with van der Waals surface area (Å²) in [4.78, 5) is 11.9. The summed E-state index contributed by atoms with van der Waals surface area (Å²) in [6.07, 6.45) is 5.12. The molecule has 1 aliphatic heterocycles. The van der Waals surface area contributed by atoms with Crippen LogP contribution in [0.2, 0.25) is 5.02 Å². The second-order valence-corrected chi connectivity index (χ2v) is 6.15. The summed E-state index contributed by atoms with van der Waals surface area (Å²) in [6.45, 7) is 1.08. The maximum absolute atomic E-state index is 11.9. The Morgan fingerprint density at radius 3 is 3.05 bits per heavy atom. The fraction of sp³-hybridized carbons (Fsp3) is 0.500. The zero-order valence-corrected chi connectivity index (χ0v) is 13.1. The van der Waals surface area contributed by atoms with E-state index < -0.39 is 0 Å². The van der Waals surface area contributed by atoms with Crippen LogP contribution in [-0.2, 0) is 4.79 Å². The molecule has 5 heteroatoms. The Labute approximate surface area is 127 Å². The fourth-order valence-corrected chi connectivity index (χ4v) is 2.80. The molecule has 19 heavy (non-hydrogen) atoms. The Hall–Kier alpha value is -0.580. The van der Waals surface area contributed by atoms with Gasteiger partial charge in [-0.05, 0) is 59.9 Å². The van der Waals surface area contributed by atoms with Crippen LogP contribution in [0.15, 0.2) is 22.7 Å². The zero-order chi connectivity index (χ0) is 13.7. The fourth-order valence-electron chi connectivity index (χ4n) is 2.28. The second kappa shape index (κ2) is 7.27. The predicted octanol–water partition coefficient (Wildman–Crippen LogP) is 3.96. The van der Waals surface area contributed by atoms with E-state index >= 15 is 0 Å². The predicted molar refractivity (Wildman–Crippen MR) is 82.7 cm³/mol. The topological polar surface area (TPSA) is 41.1 Å². The molecule has 1 aromatic rings. The monoisotopic (exact) mass is 344 g/mol. The number of rotatable bonds is 4. The Kier molecular flexibility index (Phi) is 5.67. The molecule has 1 heterocycles. The minimum absolute atomic E-state index is 0.0374. The lowest BCUT2D eigenvalue weighted by Crippen LogP contribution is -2.34. The molecule has 1 amide bonds. The number of anilines is 1. The number of amides is 1. The molecule has 0 aliphatic carbocycles. The van der Waals surface area contributed by atoms with Crippen molar-refractivity contribution in [2.24, 2.45) is 0 Å². The molecule has 1 saturated heterocycles. The molecule has 1 aliphatic rings. The molecule has 1 aromatic carbocycles. The normalized spacial score (nSPS) is 19.2. The van der Waals surface area contributed by atoms with Crippen molar-refractivity contribution in [3.05, 3.63) is 27.7 Å². The highest BCUT2D eigenvalue weighted by Gasteiger charge is 2.14. The molecule has 2 N–H and O–H groups in total. The third-order valence-corrected chi connectivity index (χ3v) is 4.26. The van der Waals surface area contributed by atoms with E-state index in [9.17, 15) is 4.79 Å². The Balaban J connectivity index is 1.81. The van der Waals surface area contributed by atoms with Crippen LogP contribution in [0.4, 0.5) is 5.69 Å². The second-order valence-electron chi connectivity index (χ2n) is 4.86. The zero-order valence-electron chi connectivity index (χ0n) is 10.7. The van der Waals surface area contributed by atoms with Gasteiger partial charge in [0.1, 0.15) is 0 Å². The summed E-state index contributed by atoms with van der Waals surface area (Å²) >= 11 is 9.32. The average molecular weight is 346 g/mol. The van der Waals surface area contributed by atoms with Gasteiger partial charge in [0.05, 0.1) is 5.69 Å². The van der Waals surface area contributed by atoms with Gasteiger partial charge in [-0.15, -0.1) is 0 Å². The molecule has 0 saturated carbocycles. The molecule has 1 fully saturated rings. The van der Waals surface area contributed by atoms with Crippen LogP contribution >= 0.6 is 27.5 Å². The van der Waals surface area contributed by atoms with Crippen molar-refractivity contribution < 1.29 is 4.79 Å². The Morgan fingerprint density at radius 2 is 2.32 bits per heavy atom. The van der Waals surface area contributed by atoms with Gasteiger partial charge in [0.2, 0.25) is 5.91 Å². The highest BCUT2D eigenvalue weighted by Crippen LogP contribution is 2.26. The molecule has 1 unspecified atom stereocenters. The molecular weight excluding hydrogens is 328 g/mol. The van der Waals surface area contributed by atoms with Gasteiger partial charge in [0, 0.05) is 22.0 Å². The minimum atomic E-state index is 0.0374. The average Bonchev–Trinajstić information content (AvgIpc) is 2.42. The van der Waals surface area contributed by atoms with Crippen LogP contribution in [0.1, 0.15) is 32.1 Å². The van der Waals surface area contributed by atoms with Crippen molar-refractivity contribution in [3.8, 4) is 0 Å². The molecule has 104 valence electrons. The quantitative estimate of drug-likeness (QED) is 0.867. The Morgan fingerprint density at radius 1 is 1.47 bits per heavy atom. The van der Waals surface area contributed by atoms with E-state index in [2.05, 4.69) is 26.6 Å². The molecule has 1 atom stereocenters. The number of piperidine rings is 1. The molecule has 0 radical (unpaired) electrons. The minimum Gasteiger partial charge on any atom is -0.325 e. The largest absolute Gasteiger partial charge is 0.325 e. The van der Waals surface area contributed by atoms with Crippen molar-refractivity contribution in [2.45, 2.75) is 38.1 Å². The number of carbonyl (C=O) groups is 1. The van der Waals surface area contributed by atoms with Gasteiger partial charge in [-0.2, -0.15) is 0 Å². The van der Waals surface area contributed by atoms with Crippen LogP contribution in [0.3, 0.4) is 0 Å². The van der Waals surface area contributed by atoms with Gasteiger partial charge >= 0.3 is 0 Å². The SMILES string of the molecule is O=C(CCC1CCCCN1)Nc1cc(Cl)ccc1Br. The van der Waals surface area contributed by atoms with Crippen molar-refractivity contribution in [2.75, 3.05) is 11.9 Å². The van der Waals surface area contributed by atoms with Gasteiger partial charge in [-0.1, -0.05) is 18.0 Å². The third kappa shape index (κ3) is 4.79. The van der Waals surface area contributed by atoms with Crippen LogP contribution in [0.25, 0.3) is 0 Å². The smallest absolute Gasteiger partial charge is 0.224 e.